The Morgan fingerprint density at radius 1 is 1.37 bits per heavy atom. The molecule has 0 saturated heterocycles. The minimum absolute atomic E-state index is 0.161. The van der Waals surface area contributed by atoms with Crippen LogP contribution in [0.5, 0.6) is 0 Å². The Hall–Kier alpha value is -0.710. The van der Waals surface area contributed by atoms with Gasteiger partial charge in [-0.1, -0.05) is 0 Å². The summed E-state index contributed by atoms with van der Waals surface area (Å²) in [5, 5.41) is 1.67. The molecule has 0 radical (unpaired) electrons. The molecule has 1 aromatic carbocycles. The van der Waals surface area contributed by atoms with Gasteiger partial charge in [-0.05, 0) is 52.2 Å². The molecule has 4 nitrogen and oxygen atoms in total. The molecule has 0 fully saturated rings. The lowest BCUT2D eigenvalue weighted by Crippen LogP contribution is -2.15. The first-order valence-electron chi connectivity index (χ1n) is 5.18. The third-order valence-corrected chi connectivity index (χ3v) is 5.77. The molecule has 0 aliphatic carbocycles. The van der Waals surface area contributed by atoms with Crippen molar-refractivity contribution in [1.29, 1.82) is 0 Å². The van der Waals surface area contributed by atoms with Gasteiger partial charge in [0.05, 0.1) is 5.69 Å². The number of nitrogens with one attached hydrogen (secondary N) is 1. The quantitative estimate of drug-likeness (QED) is 0.759. The van der Waals surface area contributed by atoms with Crippen LogP contribution >= 0.6 is 33.9 Å². The number of halogens is 2. The third-order valence-electron chi connectivity index (χ3n) is 2.35. The summed E-state index contributed by atoms with van der Waals surface area (Å²) in [6, 6.07) is 5.36. The van der Waals surface area contributed by atoms with Gasteiger partial charge in [0.2, 0.25) is 0 Å². The lowest BCUT2D eigenvalue weighted by molar-refractivity contribution is 0.600. The van der Waals surface area contributed by atoms with E-state index in [1.54, 1.807) is 5.38 Å². The van der Waals surface area contributed by atoms with Crippen LogP contribution in [0.3, 0.4) is 0 Å². The van der Waals surface area contributed by atoms with E-state index in [1.807, 2.05) is 22.6 Å². The number of hydrogen-bond acceptors (Lipinski definition) is 4. The molecule has 0 amide bonds. The van der Waals surface area contributed by atoms with E-state index >= 15 is 0 Å². The summed E-state index contributed by atoms with van der Waals surface area (Å²) in [4.78, 5) is 0.754. The van der Waals surface area contributed by atoms with Crippen LogP contribution < -0.4 is 10.5 Å². The third kappa shape index (κ3) is 3.25. The van der Waals surface area contributed by atoms with Crippen LogP contribution in [0.15, 0.2) is 34.5 Å². The SMILES string of the molecule is NCc1sccc1S(=O)(=O)Nc1ccc(F)cc1I. The predicted molar refractivity (Wildman–Crippen MR) is 82.1 cm³/mol. The zero-order valence-corrected chi connectivity index (χ0v) is 13.4. The standard InChI is InChI=1S/C11H10FIN2O2S2/c12-7-1-2-9(8(13)5-7)15-19(16,17)11-3-4-18-10(11)6-14/h1-5,15H,6,14H2. The van der Waals surface area contributed by atoms with Crippen LogP contribution in [0.25, 0.3) is 0 Å². The zero-order chi connectivity index (χ0) is 14.0. The minimum Gasteiger partial charge on any atom is -0.326 e. The highest BCUT2D eigenvalue weighted by atomic mass is 127. The van der Waals surface area contributed by atoms with E-state index in [9.17, 15) is 12.8 Å². The van der Waals surface area contributed by atoms with Gasteiger partial charge in [-0.2, -0.15) is 0 Å². The minimum atomic E-state index is -3.69. The summed E-state index contributed by atoms with van der Waals surface area (Å²) in [6.45, 7) is 0.161. The van der Waals surface area contributed by atoms with Gasteiger partial charge in [0.25, 0.3) is 10.0 Å². The molecular formula is C11H10FIN2O2S2. The van der Waals surface area contributed by atoms with Crippen LogP contribution in [-0.2, 0) is 16.6 Å². The van der Waals surface area contributed by atoms with Gasteiger partial charge in [0.15, 0.2) is 0 Å². The Morgan fingerprint density at radius 3 is 2.74 bits per heavy atom. The molecule has 0 spiro atoms. The second kappa shape index (κ2) is 5.73. The van der Waals surface area contributed by atoms with Gasteiger partial charge in [0.1, 0.15) is 10.7 Å². The maximum Gasteiger partial charge on any atom is 0.263 e. The number of anilines is 1. The van der Waals surface area contributed by atoms with Gasteiger partial charge in [0, 0.05) is 15.0 Å². The monoisotopic (exact) mass is 412 g/mol. The fourth-order valence-corrected chi connectivity index (χ4v) is 4.70. The molecule has 8 heteroatoms. The van der Waals surface area contributed by atoms with Gasteiger partial charge >= 0.3 is 0 Å². The summed E-state index contributed by atoms with van der Waals surface area (Å²) in [5.74, 6) is -0.412. The highest BCUT2D eigenvalue weighted by molar-refractivity contribution is 14.1. The van der Waals surface area contributed by atoms with Crippen LogP contribution in [0, 0.1) is 9.39 Å². The highest BCUT2D eigenvalue weighted by Crippen LogP contribution is 2.26. The van der Waals surface area contributed by atoms with Gasteiger partial charge in [-0.25, -0.2) is 12.8 Å². The molecule has 0 atom stereocenters. The first-order valence-corrected chi connectivity index (χ1v) is 8.62. The lowest BCUT2D eigenvalue weighted by Gasteiger charge is -2.10. The Labute approximate surface area is 128 Å². The first-order chi connectivity index (χ1) is 8.94. The molecule has 1 heterocycles. The Balaban J connectivity index is 2.37. The van der Waals surface area contributed by atoms with Crippen molar-refractivity contribution in [3.05, 3.63) is 43.9 Å². The second-order valence-electron chi connectivity index (χ2n) is 3.64. The molecule has 3 N–H and O–H groups in total. The molecule has 19 heavy (non-hydrogen) atoms. The zero-order valence-electron chi connectivity index (χ0n) is 9.56. The fraction of sp³-hybridized carbons (Fsp3) is 0.0909. The fourth-order valence-electron chi connectivity index (χ4n) is 1.49. The number of sulfonamides is 1. The van der Waals surface area contributed by atoms with Crippen molar-refractivity contribution >= 4 is 49.6 Å². The summed E-state index contributed by atoms with van der Waals surface area (Å²) < 4.78 is 40.4. The Kier molecular flexibility index (Phi) is 4.43. The molecule has 2 aromatic rings. The number of benzene rings is 1. The molecule has 1 aromatic heterocycles. The molecule has 0 saturated carbocycles. The lowest BCUT2D eigenvalue weighted by atomic mass is 10.3. The van der Waals surface area contributed by atoms with Crippen molar-refractivity contribution in [3.8, 4) is 0 Å². The van der Waals surface area contributed by atoms with Crippen molar-refractivity contribution in [3.63, 3.8) is 0 Å². The summed E-state index contributed by atoms with van der Waals surface area (Å²) in [6.07, 6.45) is 0. The second-order valence-corrected chi connectivity index (χ2v) is 7.46. The molecule has 0 aliphatic rings. The number of nitrogens with two attached hydrogens (primary N) is 1. The summed E-state index contributed by atoms with van der Waals surface area (Å²) >= 11 is 3.16. The number of thiophene rings is 1. The highest BCUT2D eigenvalue weighted by Gasteiger charge is 2.20. The van der Waals surface area contributed by atoms with Gasteiger partial charge in [-0.15, -0.1) is 11.3 Å². The van der Waals surface area contributed by atoms with Gasteiger partial charge < -0.3 is 5.73 Å². The molecular weight excluding hydrogens is 402 g/mol. The number of rotatable bonds is 4. The van der Waals surface area contributed by atoms with E-state index in [4.69, 9.17) is 5.73 Å². The van der Waals surface area contributed by atoms with E-state index in [0.717, 1.165) is 0 Å². The van der Waals surface area contributed by atoms with Crippen LogP contribution in [0.1, 0.15) is 4.88 Å². The molecule has 0 aliphatic heterocycles. The topological polar surface area (TPSA) is 72.2 Å². The smallest absolute Gasteiger partial charge is 0.263 e. The normalized spacial score (nSPS) is 11.5. The average Bonchev–Trinajstić information content (AvgIpc) is 2.82. The predicted octanol–water partition coefficient (Wildman–Crippen LogP) is 2.75. The van der Waals surface area contributed by atoms with E-state index in [2.05, 4.69) is 4.72 Å². The van der Waals surface area contributed by atoms with Gasteiger partial charge in [-0.3, -0.25) is 4.72 Å². The van der Waals surface area contributed by atoms with E-state index < -0.39 is 15.8 Å². The molecule has 2 rings (SSSR count). The number of hydrogen-bond donors (Lipinski definition) is 2. The first kappa shape index (κ1) is 14.7. The molecule has 102 valence electrons. The van der Waals surface area contributed by atoms with Crippen molar-refractivity contribution in [2.45, 2.75) is 11.4 Å². The maximum absolute atomic E-state index is 13.0. The van der Waals surface area contributed by atoms with E-state index in [0.29, 0.717) is 14.1 Å². The average molecular weight is 412 g/mol. The summed E-state index contributed by atoms with van der Waals surface area (Å²) in [7, 11) is -3.69. The Morgan fingerprint density at radius 2 is 2.11 bits per heavy atom. The van der Waals surface area contributed by atoms with E-state index in [1.165, 1.54) is 35.6 Å². The van der Waals surface area contributed by atoms with Crippen molar-refractivity contribution in [1.82, 2.24) is 0 Å². The van der Waals surface area contributed by atoms with Crippen molar-refractivity contribution in [2.24, 2.45) is 5.73 Å². The van der Waals surface area contributed by atoms with Crippen LogP contribution in [-0.4, -0.2) is 8.42 Å². The molecule has 0 unspecified atom stereocenters. The molecule has 0 bridgehead atoms. The largest absolute Gasteiger partial charge is 0.326 e. The maximum atomic E-state index is 13.0. The van der Waals surface area contributed by atoms with Crippen LogP contribution in [0.4, 0.5) is 10.1 Å². The van der Waals surface area contributed by atoms with Crippen molar-refractivity contribution < 1.29 is 12.8 Å². The Bertz CT molecular complexity index is 700. The van der Waals surface area contributed by atoms with Crippen LogP contribution in [0.2, 0.25) is 0 Å². The van der Waals surface area contributed by atoms with Crippen molar-refractivity contribution in [2.75, 3.05) is 4.72 Å². The summed E-state index contributed by atoms with van der Waals surface area (Å²) in [5.41, 5.74) is 5.85. The van der Waals surface area contributed by atoms with E-state index in [-0.39, 0.29) is 11.4 Å².